The molecule has 20 nitrogen and oxygen atoms in total. The van der Waals surface area contributed by atoms with Gasteiger partial charge >= 0.3 is 29.8 Å². The summed E-state index contributed by atoms with van der Waals surface area (Å²) in [5.74, 6) is 0.499. The van der Waals surface area contributed by atoms with Crippen LogP contribution in [0.4, 0.5) is 0 Å². The number of benzene rings is 3. The third-order valence-corrected chi connectivity index (χ3v) is 36.6. The van der Waals surface area contributed by atoms with Gasteiger partial charge in [0.25, 0.3) is 0 Å². The van der Waals surface area contributed by atoms with Gasteiger partial charge in [0.2, 0.25) is 0 Å². The van der Waals surface area contributed by atoms with Crippen LogP contribution in [0.5, 0.6) is 11.5 Å². The second-order valence-electron chi connectivity index (χ2n) is 25.3. The van der Waals surface area contributed by atoms with Crippen LogP contribution < -0.4 is 44.5 Å². The lowest BCUT2D eigenvalue weighted by Crippen LogP contribution is -2.41. The van der Waals surface area contributed by atoms with E-state index >= 15 is 0 Å². The lowest BCUT2D eigenvalue weighted by Gasteiger charge is -2.37. The Bertz CT molecular complexity index is 3470. The molecule has 3 aliphatic rings. The van der Waals surface area contributed by atoms with Gasteiger partial charge in [-0.25, -0.2) is 24.0 Å². The number of carbonyl (C=O) groups is 5. The summed E-state index contributed by atoms with van der Waals surface area (Å²) < 4.78 is 52.9. The Morgan fingerprint density at radius 2 is 0.680 bits per heavy atom. The molecule has 3 saturated carbocycles. The topological polar surface area (TPSA) is 293 Å². The van der Waals surface area contributed by atoms with Crippen LogP contribution >= 0.6 is 34.6 Å². The second kappa shape index (κ2) is 50.3. The Labute approximate surface area is 654 Å². The molecule has 103 heavy (non-hydrogen) atoms. The third-order valence-electron chi connectivity index (χ3n) is 19.3. The van der Waals surface area contributed by atoms with Gasteiger partial charge in [-0.1, -0.05) is 46.8 Å². The van der Waals surface area contributed by atoms with Crippen molar-refractivity contribution in [1.82, 2.24) is 0 Å². The molecule has 3 aliphatic carbocycles. The molecule has 35 heteroatoms. The number of hydrogen-bond donors (Lipinski definition) is 0. The van der Waals surface area contributed by atoms with E-state index < -0.39 is 80.5 Å². The highest BCUT2D eigenvalue weighted by atomic mass is 32.9. The highest BCUT2D eigenvalue weighted by molar-refractivity contribution is 8.36. The van der Waals surface area contributed by atoms with E-state index in [-0.39, 0.29) is 36.4 Å². The van der Waals surface area contributed by atoms with Crippen LogP contribution in [0, 0.1) is 11.8 Å². The fourth-order valence-electron chi connectivity index (χ4n) is 10.4. The maximum atomic E-state index is 12.3. The van der Waals surface area contributed by atoms with Crippen LogP contribution in [-0.2, 0) is 165 Å². The van der Waals surface area contributed by atoms with E-state index in [0.717, 1.165) is 140 Å². The summed E-state index contributed by atoms with van der Waals surface area (Å²) in [4.78, 5) is 118. The minimum absolute atomic E-state index is 0.0345. The SMILES string of the molecule is CCC(C)(OC)C(=O)OC1CCC(C2CCC([P+]([O-])=S=S)CC2)CC1.CCC(C)(OC)C(=O)OC1CCC([P+]([O-])=S=S)CC1.CCC(C)(OC)C(=O)OCC[P+]([O-])=S=S.CCC(C)(OC)C(=O)Oc1ccc(-c2ccc([P+]([O-])=S=S)cc2)cc1.CCC(C)(OC)C(=O)Oc1ccc([P+]([O-])=S=S)cc1. The first-order valence-corrected chi connectivity index (χ1v) is 52.1. The van der Waals surface area contributed by atoms with E-state index in [0.29, 0.717) is 60.7 Å². The van der Waals surface area contributed by atoms with Gasteiger partial charge in [0.15, 0.2) is 52.5 Å². The van der Waals surface area contributed by atoms with E-state index in [1.165, 1.54) is 41.3 Å². The summed E-state index contributed by atoms with van der Waals surface area (Å²) in [6.45, 7) is 10.8. The largest absolute Gasteiger partial charge is 0.620 e. The van der Waals surface area contributed by atoms with E-state index in [9.17, 15) is 48.4 Å². The Kier molecular flexibility index (Phi) is 47.5. The van der Waals surface area contributed by atoms with Crippen molar-refractivity contribution in [3.63, 3.8) is 0 Å². The Morgan fingerprint density at radius 1 is 0.398 bits per heavy atom. The predicted octanol–water partition coefficient (Wildman–Crippen LogP) is 10.3. The van der Waals surface area contributed by atoms with Gasteiger partial charge < -0.3 is 71.8 Å². The molecule has 0 saturated heterocycles. The summed E-state index contributed by atoms with van der Waals surface area (Å²) in [6.07, 6.45) is 14.8. The van der Waals surface area contributed by atoms with Gasteiger partial charge in [0.1, 0.15) is 116 Å². The minimum Gasteiger partial charge on any atom is -0.620 e. The fraction of sp³-hybridized carbons (Fsp3) is 0.662. The number of hydrogen-bond acceptors (Lipinski definition) is 25. The first-order valence-electron chi connectivity index (χ1n) is 33.7. The average Bonchev–Trinajstić information content (AvgIpc) is 0.840. The monoisotopic (exact) mass is 1710 g/mol. The summed E-state index contributed by atoms with van der Waals surface area (Å²) in [5, 5.41) is 1.35. The predicted molar refractivity (Wildman–Crippen MR) is 431 cm³/mol. The highest BCUT2D eigenvalue weighted by Gasteiger charge is 2.40. The first-order chi connectivity index (χ1) is 48.8. The highest BCUT2D eigenvalue weighted by Crippen LogP contribution is 2.44. The molecule has 3 fully saturated rings. The van der Waals surface area contributed by atoms with Gasteiger partial charge in [-0.3, -0.25) is 0 Å². The van der Waals surface area contributed by atoms with E-state index in [4.69, 9.17) is 80.9 Å². The Hall–Kier alpha value is -1.69. The fourth-order valence-corrected chi connectivity index (χ4v) is 21.5. The van der Waals surface area contributed by atoms with Crippen molar-refractivity contribution in [1.29, 1.82) is 0 Å². The van der Waals surface area contributed by atoms with Crippen molar-refractivity contribution in [2.24, 2.45) is 11.8 Å². The lowest BCUT2D eigenvalue weighted by atomic mass is 9.73. The van der Waals surface area contributed by atoms with Crippen molar-refractivity contribution in [2.75, 3.05) is 48.3 Å². The molecule has 0 bridgehead atoms. The number of ether oxygens (including phenoxy) is 10. The quantitative estimate of drug-likeness (QED) is 0.0282. The van der Waals surface area contributed by atoms with E-state index in [1.54, 1.807) is 78.1 Å². The van der Waals surface area contributed by atoms with Crippen molar-refractivity contribution in [3.8, 4) is 22.6 Å². The normalized spacial score (nSPS) is 21.3. The molecule has 6 rings (SSSR count). The van der Waals surface area contributed by atoms with Gasteiger partial charge in [0, 0.05) is 91.5 Å². The molecule has 578 valence electrons. The van der Waals surface area contributed by atoms with Crippen LogP contribution in [0.2, 0.25) is 0 Å². The van der Waals surface area contributed by atoms with Gasteiger partial charge in [-0.2, -0.15) is 0 Å². The second-order valence-corrected chi connectivity index (χ2v) is 46.1. The van der Waals surface area contributed by atoms with Crippen molar-refractivity contribution in [3.05, 3.63) is 72.8 Å². The molecule has 0 N–H and O–H groups in total. The van der Waals surface area contributed by atoms with Crippen molar-refractivity contribution in [2.45, 2.75) is 230 Å². The molecule has 0 spiro atoms. The molecule has 0 aliphatic heterocycles. The Morgan fingerprint density at radius 3 is 0.990 bits per heavy atom. The zero-order valence-electron chi connectivity index (χ0n) is 61.3. The van der Waals surface area contributed by atoms with Crippen LogP contribution in [0.25, 0.3) is 11.1 Å². The standard InChI is InChI=1S/C18H31O4PS2.C18H19O4PS2.C12H21O4PS2.C12H15O4PS2.C8H15O4PS2/c2*1-4-18(2,21-3)17(19)22-15-9-5-13(6-10-15)14-7-11-16(12-8-14)23(20)25-24;2*1-4-12(2,15-3)11(13)16-9-5-7-10(8-6-9)17(14)19-18;1-4-8(2,11-3)7(9)12-5-6-13(10)15-14/h13-16H,4-12H2,1-3H3;5-12H,4H2,1-3H3;9-10H,4-8H2,1-3H3;5-8H,4H2,1-3H3;4-6H2,1-3H3. The molecule has 3 aromatic carbocycles. The molecule has 0 aromatic heterocycles. The zero-order valence-corrected chi connectivity index (χ0v) is 73.9. The number of esters is 5. The molecule has 10 unspecified atom stereocenters. The van der Waals surface area contributed by atoms with Crippen molar-refractivity contribution >= 4 is 179 Å². The van der Waals surface area contributed by atoms with E-state index in [2.05, 4.69) is 22.4 Å². The number of carbonyl (C=O) groups excluding carboxylic acids is 5. The maximum Gasteiger partial charge on any atom is 0.343 e. The summed E-state index contributed by atoms with van der Waals surface area (Å²) in [7, 11) is 12.3. The third kappa shape index (κ3) is 31.9. The van der Waals surface area contributed by atoms with Crippen molar-refractivity contribution < 1.29 is 95.8 Å². The minimum atomic E-state index is -1.62. The summed E-state index contributed by atoms with van der Waals surface area (Å²) in [5.41, 5.74) is -2.06. The Balaban J connectivity index is 0.000000443. The summed E-state index contributed by atoms with van der Waals surface area (Å²) >= 11 is 23.6. The molecule has 10 atom stereocenters. The lowest BCUT2D eigenvalue weighted by molar-refractivity contribution is -0.175. The number of rotatable bonds is 28. The molecular weight excluding hydrogens is 1610 g/mol. The molecule has 0 heterocycles. The summed E-state index contributed by atoms with van der Waals surface area (Å²) in [6, 6.07) is 21.1. The molecule has 0 amide bonds. The van der Waals surface area contributed by atoms with E-state index in [1.807, 2.05) is 71.0 Å². The first kappa shape index (κ1) is 97.4. The number of methoxy groups -OCH3 is 5. The van der Waals surface area contributed by atoms with Crippen LogP contribution in [-0.4, -0.2) is 130 Å². The smallest absolute Gasteiger partial charge is 0.343 e. The molecule has 0 radical (unpaired) electrons. The van der Waals surface area contributed by atoms with Gasteiger partial charge in [0.05, 0.1) is 0 Å². The van der Waals surface area contributed by atoms with Crippen LogP contribution in [0.1, 0.15) is 178 Å². The zero-order chi connectivity index (χ0) is 77.7. The molecular formula is C68H101O20P5S10. The van der Waals surface area contributed by atoms with Gasteiger partial charge in [-0.15, -0.1) is 0 Å². The molecule has 3 aromatic rings. The maximum absolute atomic E-state index is 12.3. The van der Waals surface area contributed by atoms with Crippen LogP contribution in [0.3, 0.4) is 0 Å². The van der Waals surface area contributed by atoms with Crippen LogP contribution in [0.15, 0.2) is 72.8 Å². The average molecular weight is 1710 g/mol. The van der Waals surface area contributed by atoms with Gasteiger partial charge in [-0.05, 0) is 227 Å².